The number of carbonyl (C=O) groups is 1. The maximum absolute atomic E-state index is 13.7. The Morgan fingerprint density at radius 3 is 2.59 bits per heavy atom. The molecule has 0 unspecified atom stereocenters. The third-order valence-corrected chi connectivity index (χ3v) is 5.46. The van der Waals surface area contributed by atoms with Crippen molar-refractivity contribution in [3.63, 3.8) is 0 Å². The van der Waals surface area contributed by atoms with Crippen molar-refractivity contribution >= 4 is 11.6 Å². The molecule has 29 heavy (non-hydrogen) atoms. The molecule has 1 N–H and O–H groups in total. The monoisotopic (exact) mass is 398 g/mol. The number of hydrogen-bond donors (Lipinski definition) is 1. The molecule has 4 rings (SSSR count). The quantitative estimate of drug-likeness (QED) is 0.628. The van der Waals surface area contributed by atoms with Crippen LogP contribution >= 0.6 is 0 Å². The van der Waals surface area contributed by atoms with Gasteiger partial charge in [0, 0.05) is 17.9 Å². The molecule has 1 amide bonds. The van der Waals surface area contributed by atoms with Crippen molar-refractivity contribution in [2.24, 2.45) is 0 Å². The second-order valence-electron chi connectivity index (χ2n) is 7.41. The third-order valence-electron chi connectivity index (χ3n) is 5.46. The molecule has 0 spiro atoms. The van der Waals surface area contributed by atoms with E-state index in [1.807, 2.05) is 11.5 Å². The van der Waals surface area contributed by atoms with Crippen LogP contribution in [-0.2, 0) is 19.4 Å². The predicted molar refractivity (Wildman–Crippen MR) is 106 cm³/mol. The lowest BCUT2D eigenvalue weighted by Crippen LogP contribution is -2.20. The molecule has 3 aromatic rings. The van der Waals surface area contributed by atoms with E-state index < -0.39 is 17.5 Å². The van der Waals surface area contributed by atoms with Gasteiger partial charge in [-0.3, -0.25) is 4.79 Å². The fourth-order valence-corrected chi connectivity index (χ4v) is 4.12. The molecule has 150 valence electrons. The van der Waals surface area contributed by atoms with Gasteiger partial charge in [0.2, 0.25) is 0 Å². The van der Waals surface area contributed by atoms with Gasteiger partial charge >= 0.3 is 0 Å². The highest BCUT2D eigenvalue weighted by Crippen LogP contribution is 2.31. The molecule has 0 saturated heterocycles. The van der Waals surface area contributed by atoms with Crippen molar-refractivity contribution in [1.82, 2.24) is 4.57 Å². The predicted octanol–water partition coefficient (Wildman–Crippen LogP) is 5.39. The van der Waals surface area contributed by atoms with Crippen molar-refractivity contribution in [1.29, 1.82) is 0 Å². The lowest BCUT2D eigenvalue weighted by molar-refractivity contribution is 0.101. The molecule has 2 aromatic carbocycles. The molecule has 1 aromatic heterocycles. The van der Waals surface area contributed by atoms with Gasteiger partial charge in [0.15, 0.2) is 11.6 Å². The summed E-state index contributed by atoms with van der Waals surface area (Å²) in [5.74, 6) is -2.59. The number of amides is 1. The van der Waals surface area contributed by atoms with Gasteiger partial charge in [0.1, 0.15) is 11.5 Å². The summed E-state index contributed by atoms with van der Waals surface area (Å²) in [6.07, 6.45) is 3.77. The van der Waals surface area contributed by atoms with Crippen LogP contribution < -0.4 is 5.32 Å². The summed E-state index contributed by atoms with van der Waals surface area (Å²) >= 11 is 0. The molecule has 0 atom stereocenters. The summed E-state index contributed by atoms with van der Waals surface area (Å²) in [5.41, 5.74) is 4.51. The van der Waals surface area contributed by atoms with E-state index in [1.165, 1.54) is 24.3 Å². The number of anilines is 1. The number of nitrogens with one attached hydrogen (secondary N) is 1. The Hall–Kier alpha value is -3.02. The minimum Gasteiger partial charge on any atom is -0.336 e. The van der Waals surface area contributed by atoms with E-state index in [0.717, 1.165) is 54.6 Å². The zero-order valence-electron chi connectivity index (χ0n) is 16.1. The molecule has 3 nitrogen and oxygen atoms in total. The van der Waals surface area contributed by atoms with E-state index in [-0.39, 0.29) is 12.5 Å². The van der Waals surface area contributed by atoms with Crippen LogP contribution in [0.15, 0.2) is 42.5 Å². The van der Waals surface area contributed by atoms with Crippen LogP contribution in [0.2, 0.25) is 0 Å². The molecule has 0 saturated carbocycles. The number of rotatable bonds is 4. The lowest BCUT2D eigenvalue weighted by Gasteiger charge is -2.17. The number of hydrogen-bond acceptors (Lipinski definition) is 1. The number of benzene rings is 2. The van der Waals surface area contributed by atoms with Gasteiger partial charge in [-0.05, 0) is 79.6 Å². The van der Waals surface area contributed by atoms with Gasteiger partial charge in [-0.15, -0.1) is 0 Å². The van der Waals surface area contributed by atoms with Crippen molar-refractivity contribution in [2.75, 3.05) is 5.32 Å². The van der Waals surface area contributed by atoms with Crippen LogP contribution in [-0.4, -0.2) is 10.5 Å². The summed E-state index contributed by atoms with van der Waals surface area (Å²) in [4.78, 5) is 13.1. The summed E-state index contributed by atoms with van der Waals surface area (Å²) in [6, 6.07) is 9.51. The first kappa shape index (κ1) is 19.3. The second-order valence-corrected chi connectivity index (χ2v) is 7.41. The molecule has 1 aliphatic carbocycles. The Bertz CT molecular complexity index is 1090. The number of fused-ring (bicyclic) bond motifs is 1. The van der Waals surface area contributed by atoms with Gasteiger partial charge in [0.25, 0.3) is 5.91 Å². The van der Waals surface area contributed by atoms with E-state index >= 15 is 0 Å². The van der Waals surface area contributed by atoms with Crippen LogP contribution in [0.25, 0.3) is 0 Å². The standard InChI is InChI=1S/C23H21F3N2O/c1-14-18-7-2-3-8-21(18)28(13-15-9-10-19(25)20(26)11-15)22(14)23(29)27-17-6-4-5-16(24)12-17/h4-6,9-12H,2-3,7-8,13H2,1H3,(H,27,29). The van der Waals surface area contributed by atoms with Crippen LogP contribution in [0.1, 0.15) is 45.7 Å². The highest BCUT2D eigenvalue weighted by atomic mass is 19.2. The van der Waals surface area contributed by atoms with Crippen LogP contribution in [0.3, 0.4) is 0 Å². The zero-order chi connectivity index (χ0) is 20.5. The molecule has 0 radical (unpaired) electrons. The first-order chi connectivity index (χ1) is 13.9. The molecule has 1 heterocycles. The zero-order valence-corrected chi connectivity index (χ0v) is 16.1. The number of carbonyl (C=O) groups excluding carboxylic acids is 1. The number of nitrogens with zero attached hydrogens (tertiary/aromatic N) is 1. The molecule has 1 aliphatic rings. The van der Waals surface area contributed by atoms with Crippen molar-refractivity contribution in [3.8, 4) is 0 Å². The molecule has 0 aliphatic heterocycles. The van der Waals surface area contributed by atoms with Crippen LogP contribution in [0.5, 0.6) is 0 Å². The van der Waals surface area contributed by atoms with Crippen LogP contribution in [0.4, 0.5) is 18.9 Å². The smallest absolute Gasteiger partial charge is 0.272 e. The normalized spacial score (nSPS) is 13.2. The first-order valence-corrected chi connectivity index (χ1v) is 9.65. The van der Waals surface area contributed by atoms with Gasteiger partial charge in [-0.2, -0.15) is 0 Å². The van der Waals surface area contributed by atoms with E-state index in [0.29, 0.717) is 16.9 Å². The lowest BCUT2D eigenvalue weighted by atomic mass is 9.95. The van der Waals surface area contributed by atoms with Gasteiger partial charge < -0.3 is 9.88 Å². The van der Waals surface area contributed by atoms with E-state index in [9.17, 15) is 18.0 Å². The number of halogens is 3. The maximum Gasteiger partial charge on any atom is 0.272 e. The Morgan fingerprint density at radius 2 is 1.83 bits per heavy atom. The van der Waals surface area contributed by atoms with Gasteiger partial charge in [-0.25, -0.2) is 13.2 Å². The van der Waals surface area contributed by atoms with E-state index in [4.69, 9.17) is 0 Å². The van der Waals surface area contributed by atoms with E-state index in [2.05, 4.69) is 5.32 Å². The Balaban J connectivity index is 1.75. The maximum atomic E-state index is 13.7. The topological polar surface area (TPSA) is 34.0 Å². The Morgan fingerprint density at radius 1 is 1.03 bits per heavy atom. The largest absolute Gasteiger partial charge is 0.336 e. The average Bonchev–Trinajstić information content (AvgIpc) is 2.97. The second kappa shape index (κ2) is 7.78. The molecular formula is C23H21F3N2O. The highest BCUT2D eigenvalue weighted by Gasteiger charge is 2.26. The van der Waals surface area contributed by atoms with Crippen molar-refractivity contribution in [3.05, 3.63) is 88.0 Å². The number of aromatic nitrogens is 1. The summed E-state index contributed by atoms with van der Waals surface area (Å²) in [6.45, 7) is 2.17. The minimum atomic E-state index is -0.911. The summed E-state index contributed by atoms with van der Waals surface area (Å²) in [5, 5.41) is 2.76. The summed E-state index contributed by atoms with van der Waals surface area (Å²) in [7, 11) is 0. The average molecular weight is 398 g/mol. The fraction of sp³-hybridized carbons (Fsp3) is 0.261. The van der Waals surface area contributed by atoms with Crippen molar-refractivity contribution < 1.29 is 18.0 Å². The first-order valence-electron chi connectivity index (χ1n) is 9.65. The highest BCUT2D eigenvalue weighted by molar-refractivity contribution is 6.04. The van der Waals surface area contributed by atoms with E-state index in [1.54, 1.807) is 6.07 Å². The fourth-order valence-electron chi connectivity index (χ4n) is 4.12. The molecule has 0 bridgehead atoms. The van der Waals surface area contributed by atoms with Crippen LogP contribution in [0, 0.1) is 24.4 Å². The van der Waals surface area contributed by atoms with Crippen molar-refractivity contribution in [2.45, 2.75) is 39.2 Å². The minimum absolute atomic E-state index is 0.263. The molecule has 0 fully saturated rings. The summed E-state index contributed by atoms with van der Waals surface area (Å²) < 4.78 is 42.4. The third kappa shape index (κ3) is 3.79. The molecular weight excluding hydrogens is 377 g/mol. The van der Waals surface area contributed by atoms with Gasteiger partial charge in [-0.1, -0.05) is 12.1 Å². The molecule has 6 heteroatoms. The Kier molecular flexibility index (Phi) is 5.18. The SMILES string of the molecule is Cc1c2c(n(Cc3ccc(F)c(F)c3)c1C(=O)Nc1cccc(F)c1)CCCC2. The Labute approximate surface area is 167 Å². The van der Waals surface area contributed by atoms with Gasteiger partial charge in [0.05, 0.1) is 0 Å².